The van der Waals surface area contributed by atoms with Crippen LogP contribution in [0.3, 0.4) is 0 Å². The molecule has 4 nitrogen and oxygen atoms in total. The Morgan fingerprint density at radius 1 is 0.686 bits per heavy atom. The third-order valence-corrected chi connectivity index (χ3v) is 9.12. The molecule has 3 heterocycles. The Hall–Kier alpha value is -5.09. The summed E-state index contributed by atoms with van der Waals surface area (Å²) < 4.78 is 8.33. The van der Waals surface area contributed by atoms with Crippen LogP contribution in [0.2, 0.25) is 0 Å². The second-order valence-corrected chi connectivity index (χ2v) is 13.2. The number of fused-ring (bicyclic) bond motifs is 2. The maximum Gasteiger partial charge on any atom is 0.0774 e. The van der Waals surface area contributed by atoms with E-state index in [1.807, 2.05) is 42.5 Å². The molecule has 0 saturated heterocycles. The fraction of sp³-hybridized carbons (Fsp3) is 0.174. The predicted molar refractivity (Wildman–Crippen MR) is 206 cm³/mol. The molecule has 1 radical (unpaired) electrons. The van der Waals surface area contributed by atoms with Crippen LogP contribution in [0, 0.1) is 12.3 Å². The summed E-state index contributed by atoms with van der Waals surface area (Å²) >= 11 is 0. The zero-order valence-electron chi connectivity index (χ0n) is 29.4. The fourth-order valence-electron chi connectivity index (χ4n) is 6.54. The summed E-state index contributed by atoms with van der Waals surface area (Å²) in [5.74, 6) is 1.61. The monoisotopic (exact) mass is 844 g/mol. The van der Waals surface area contributed by atoms with Crippen LogP contribution in [0.15, 0.2) is 144 Å². The van der Waals surface area contributed by atoms with E-state index in [1.54, 1.807) is 6.20 Å². The molecule has 3 aromatic heterocycles. The fourth-order valence-corrected chi connectivity index (χ4v) is 6.54. The van der Waals surface area contributed by atoms with Gasteiger partial charge in [0.25, 0.3) is 0 Å². The molecule has 0 aliphatic heterocycles. The second-order valence-electron chi connectivity index (χ2n) is 13.2. The van der Waals surface area contributed by atoms with E-state index >= 15 is 0 Å². The summed E-state index contributed by atoms with van der Waals surface area (Å²) in [4.78, 5) is 9.40. The van der Waals surface area contributed by atoms with Gasteiger partial charge < -0.3 is 14.0 Å². The standard InChI is InChI=1S/C35H33N2O.C11H8N.Ir/c1-23(2)27-13-10-14-28(24(3)4)34(27)37-32-16-9-8-15-31(32)36-35(37)30-22-38-33-20-19-26(21-29(30)33)18-17-25-11-6-5-7-12-25;1-2-6-10(7-3-1)11-8-4-5-9-12-11;/h5-16,19-21,23-24H,17-18H2,1-4H3;1-6,8-9H;/q2*-1;. The van der Waals surface area contributed by atoms with Crippen molar-refractivity contribution in [3.63, 3.8) is 0 Å². The molecule has 5 aromatic carbocycles. The van der Waals surface area contributed by atoms with E-state index in [0.717, 1.165) is 57.5 Å². The Bertz CT molecular complexity index is 2260. The number of imidazole rings is 1. The SMILES string of the molecule is CC(C)c1cccc(C(C)C)c1-n1c(-c2[c-]oc3ccc(CCc4ccccc4)cc23)nc2ccccc21.[Ir].[c-]1ccccc1-c1ccccn1. The van der Waals surface area contributed by atoms with Crippen molar-refractivity contribution in [1.29, 1.82) is 0 Å². The van der Waals surface area contributed by atoms with Gasteiger partial charge in [0.15, 0.2) is 0 Å². The van der Waals surface area contributed by atoms with Gasteiger partial charge in [-0.15, -0.1) is 35.9 Å². The second kappa shape index (κ2) is 16.3. The molecule has 5 heteroatoms. The Morgan fingerprint density at radius 3 is 2.10 bits per heavy atom. The number of furan rings is 1. The maximum atomic E-state index is 5.99. The summed E-state index contributed by atoms with van der Waals surface area (Å²) in [6.07, 6.45) is 7.00. The molecular formula is C46H41IrN3O-2. The average molecular weight is 844 g/mol. The molecule has 0 spiro atoms. The van der Waals surface area contributed by atoms with Crippen LogP contribution in [0.25, 0.3) is 50.3 Å². The minimum Gasteiger partial charge on any atom is -0.557 e. The Balaban J connectivity index is 0.000000291. The molecule has 257 valence electrons. The first-order valence-corrected chi connectivity index (χ1v) is 17.4. The van der Waals surface area contributed by atoms with E-state index in [4.69, 9.17) is 9.40 Å². The molecule has 0 fully saturated rings. The molecule has 51 heavy (non-hydrogen) atoms. The molecule has 0 unspecified atom stereocenters. The van der Waals surface area contributed by atoms with Gasteiger partial charge in [-0.05, 0) is 65.3 Å². The van der Waals surface area contributed by atoms with Crippen molar-refractivity contribution in [2.24, 2.45) is 0 Å². The van der Waals surface area contributed by atoms with Gasteiger partial charge in [0.1, 0.15) is 0 Å². The molecule has 8 rings (SSSR count). The van der Waals surface area contributed by atoms with Crippen molar-refractivity contribution in [1.82, 2.24) is 14.5 Å². The van der Waals surface area contributed by atoms with Crippen LogP contribution in [0.4, 0.5) is 0 Å². The largest absolute Gasteiger partial charge is 0.557 e. The van der Waals surface area contributed by atoms with Gasteiger partial charge in [-0.25, -0.2) is 0 Å². The minimum absolute atomic E-state index is 0. The maximum absolute atomic E-state index is 5.99. The third kappa shape index (κ3) is 7.81. The van der Waals surface area contributed by atoms with Crippen LogP contribution in [0.5, 0.6) is 0 Å². The van der Waals surface area contributed by atoms with Gasteiger partial charge in [-0.3, -0.25) is 4.98 Å². The van der Waals surface area contributed by atoms with Gasteiger partial charge in [0, 0.05) is 43.8 Å². The van der Waals surface area contributed by atoms with Crippen LogP contribution in [-0.4, -0.2) is 14.5 Å². The normalized spacial score (nSPS) is 11.1. The molecule has 8 aromatic rings. The number of para-hydroxylation sites is 3. The molecule has 0 aliphatic carbocycles. The number of nitrogens with zero attached hydrogens (tertiary/aromatic N) is 3. The first kappa shape index (κ1) is 35.7. The Kier molecular flexibility index (Phi) is 11.4. The first-order chi connectivity index (χ1) is 24.5. The number of hydrogen-bond acceptors (Lipinski definition) is 3. The topological polar surface area (TPSA) is 43.9 Å². The summed E-state index contributed by atoms with van der Waals surface area (Å²) in [7, 11) is 0. The number of hydrogen-bond donors (Lipinski definition) is 0. The van der Waals surface area contributed by atoms with Gasteiger partial charge >= 0.3 is 0 Å². The molecule has 0 amide bonds. The molecule has 0 saturated carbocycles. The van der Waals surface area contributed by atoms with Crippen molar-refractivity contribution in [3.8, 4) is 28.3 Å². The minimum atomic E-state index is 0. The zero-order valence-corrected chi connectivity index (χ0v) is 31.8. The third-order valence-electron chi connectivity index (χ3n) is 9.12. The molecular weight excluding hydrogens is 803 g/mol. The van der Waals surface area contributed by atoms with Crippen molar-refractivity contribution in [3.05, 3.63) is 174 Å². The van der Waals surface area contributed by atoms with Crippen LogP contribution in [-0.2, 0) is 32.9 Å². The predicted octanol–water partition coefficient (Wildman–Crippen LogP) is 11.8. The number of aryl methyl sites for hydroxylation is 2. The van der Waals surface area contributed by atoms with Crippen LogP contribution >= 0.6 is 0 Å². The van der Waals surface area contributed by atoms with E-state index in [0.29, 0.717) is 11.8 Å². The average Bonchev–Trinajstić information content (AvgIpc) is 3.76. The van der Waals surface area contributed by atoms with Crippen molar-refractivity contribution < 1.29 is 24.5 Å². The van der Waals surface area contributed by atoms with E-state index in [9.17, 15) is 0 Å². The van der Waals surface area contributed by atoms with Crippen molar-refractivity contribution >= 4 is 22.0 Å². The quantitative estimate of drug-likeness (QED) is 0.143. The first-order valence-electron chi connectivity index (χ1n) is 17.4. The van der Waals surface area contributed by atoms with E-state index < -0.39 is 0 Å². The number of rotatable bonds is 8. The number of pyridine rings is 1. The summed E-state index contributed by atoms with van der Waals surface area (Å²) in [6, 6.07) is 49.1. The van der Waals surface area contributed by atoms with E-state index in [-0.39, 0.29) is 20.1 Å². The van der Waals surface area contributed by atoms with E-state index in [2.05, 4.69) is 141 Å². The molecule has 0 atom stereocenters. The van der Waals surface area contributed by atoms with Gasteiger partial charge in [0.2, 0.25) is 0 Å². The van der Waals surface area contributed by atoms with Crippen molar-refractivity contribution in [2.45, 2.75) is 52.4 Å². The smallest absolute Gasteiger partial charge is 0.0774 e. The van der Waals surface area contributed by atoms with Gasteiger partial charge in [-0.1, -0.05) is 135 Å². The zero-order chi connectivity index (χ0) is 34.5. The van der Waals surface area contributed by atoms with Crippen LogP contribution < -0.4 is 0 Å². The summed E-state index contributed by atoms with van der Waals surface area (Å²) in [5, 5.41) is 1.06. The molecule has 0 bridgehead atoms. The number of benzene rings is 5. The molecule has 0 N–H and O–H groups in total. The summed E-state index contributed by atoms with van der Waals surface area (Å²) in [6.45, 7) is 9.06. The Labute approximate surface area is 314 Å². The Morgan fingerprint density at radius 2 is 1.39 bits per heavy atom. The summed E-state index contributed by atoms with van der Waals surface area (Å²) in [5.41, 5.74) is 12.3. The molecule has 0 aliphatic rings. The van der Waals surface area contributed by atoms with Gasteiger partial charge in [0.05, 0.1) is 16.9 Å². The van der Waals surface area contributed by atoms with Crippen molar-refractivity contribution in [2.75, 3.05) is 0 Å². The van der Waals surface area contributed by atoms with E-state index in [1.165, 1.54) is 27.9 Å². The number of aromatic nitrogens is 3. The van der Waals surface area contributed by atoms with Crippen LogP contribution in [0.1, 0.15) is 61.8 Å². The van der Waals surface area contributed by atoms with Gasteiger partial charge in [-0.2, -0.15) is 0 Å².